The van der Waals surface area contributed by atoms with Crippen LogP contribution in [0.5, 0.6) is 11.5 Å². The summed E-state index contributed by atoms with van der Waals surface area (Å²) in [5, 5.41) is 25.9. The van der Waals surface area contributed by atoms with E-state index in [1.807, 2.05) is 6.07 Å². The Hall–Kier alpha value is -2.49. The number of halogens is 1. The van der Waals surface area contributed by atoms with Gasteiger partial charge in [0.25, 0.3) is 0 Å². The molecule has 0 saturated heterocycles. The third-order valence-corrected chi connectivity index (χ3v) is 2.67. The maximum absolute atomic E-state index is 8.71. The van der Waals surface area contributed by atoms with E-state index in [1.165, 1.54) is 13.2 Å². The zero-order valence-corrected chi connectivity index (χ0v) is 11.6. The first-order chi connectivity index (χ1) is 9.15. The van der Waals surface area contributed by atoms with E-state index in [-0.39, 0.29) is 12.2 Å². The number of nitrogens with zero attached hydrogens (tertiary/aromatic N) is 3. The van der Waals surface area contributed by atoms with E-state index in [0.29, 0.717) is 21.5 Å². The maximum atomic E-state index is 8.71. The second-order valence-corrected chi connectivity index (χ2v) is 4.12. The number of nitriles is 3. The lowest BCUT2D eigenvalue weighted by Gasteiger charge is -2.11. The van der Waals surface area contributed by atoms with Crippen molar-refractivity contribution in [2.75, 3.05) is 13.7 Å². The number of allylic oxidation sites excluding steroid dienone is 1. The molecule has 94 valence electrons. The van der Waals surface area contributed by atoms with Crippen LogP contribution in [0.2, 0.25) is 0 Å². The summed E-state index contributed by atoms with van der Waals surface area (Å²) in [5.41, 5.74) is 0.603. The fraction of sp³-hybridized carbons (Fsp3) is 0.154. The lowest BCUT2D eigenvalue weighted by atomic mass is 10.1. The number of methoxy groups -OCH3 is 1. The molecule has 0 aliphatic rings. The fourth-order valence-electron chi connectivity index (χ4n) is 1.32. The first-order valence-electron chi connectivity index (χ1n) is 5.05. The highest BCUT2D eigenvalue weighted by Crippen LogP contribution is 2.37. The van der Waals surface area contributed by atoms with Crippen molar-refractivity contribution in [1.29, 1.82) is 15.8 Å². The fourth-order valence-corrected chi connectivity index (χ4v) is 1.90. The molecule has 1 rings (SSSR count). The normalized spacial score (nSPS) is 8.58. The summed E-state index contributed by atoms with van der Waals surface area (Å²) in [4.78, 5) is 0. The number of rotatable bonds is 4. The highest BCUT2D eigenvalue weighted by molar-refractivity contribution is 9.10. The van der Waals surface area contributed by atoms with Crippen LogP contribution in [0, 0.1) is 34.0 Å². The summed E-state index contributed by atoms with van der Waals surface area (Å²) < 4.78 is 11.0. The summed E-state index contributed by atoms with van der Waals surface area (Å²) in [6.07, 6.45) is 1.43. The van der Waals surface area contributed by atoms with Crippen LogP contribution in [-0.4, -0.2) is 13.7 Å². The molecule has 0 radical (unpaired) electrons. The van der Waals surface area contributed by atoms with Crippen molar-refractivity contribution in [1.82, 2.24) is 0 Å². The van der Waals surface area contributed by atoms with Crippen LogP contribution in [-0.2, 0) is 0 Å². The van der Waals surface area contributed by atoms with Gasteiger partial charge in [-0.25, -0.2) is 0 Å². The van der Waals surface area contributed by atoms with Gasteiger partial charge in [-0.05, 0) is 39.7 Å². The zero-order chi connectivity index (χ0) is 14.3. The lowest BCUT2D eigenvalue weighted by molar-refractivity contribution is 0.327. The summed E-state index contributed by atoms with van der Waals surface area (Å²) in [5.74, 6) is 0.808. The molecule has 0 amide bonds. The van der Waals surface area contributed by atoms with Crippen molar-refractivity contribution >= 4 is 22.0 Å². The van der Waals surface area contributed by atoms with E-state index in [9.17, 15) is 0 Å². The van der Waals surface area contributed by atoms with Gasteiger partial charge in [0, 0.05) is 0 Å². The molecule has 0 aliphatic heterocycles. The van der Waals surface area contributed by atoms with Crippen LogP contribution in [0.3, 0.4) is 0 Å². The molecule has 19 heavy (non-hydrogen) atoms. The predicted octanol–water partition coefficient (Wildman–Crippen LogP) is 2.79. The molecular formula is C13H8BrN3O2. The molecule has 0 bridgehead atoms. The van der Waals surface area contributed by atoms with E-state index in [1.54, 1.807) is 24.3 Å². The molecule has 0 heterocycles. The number of hydrogen-bond acceptors (Lipinski definition) is 5. The molecule has 0 spiro atoms. The highest BCUT2D eigenvalue weighted by atomic mass is 79.9. The molecule has 6 heteroatoms. The van der Waals surface area contributed by atoms with Crippen LogP contribution >= 0.6 is 15.9 Å². The predicted molar refractivity (Wildman–Crippen MR) is 71.0 cm³/mol. The largest absolute Gasteiger partial charge is 0.493 e. The van der Waals surface area contributed by atoms with Gasteiger partial charge in [0.1, 0.15) is 23.8 Å². The molecule has 0 N–H and O–H groups in total. The Morgan fingerprint density at radius 1 is 1.32 bits per heavy atom. The molecule has 0 aromatic heterocycles. The molecule has 0 atom stereocenters. The molecule has 0 unspecified atom stereocenters. The quantitative estimate of drug-likeness (QED) is 0.796. The summed E-state index contributed by atoms with van der Waals surface area (Å²) in [7, 11) is 1.46. The minimum absolute atomic E-state index is 0.0142. The Labute approximate surface area is 119 Å². The Morgan fingerprint density at radius 2 is 2.00 bits per heavy atom. The third-order valence-electron chi connectivity index (χ3n) is 2.08. The minimum Gasteiger partial charge on any atom is -0.493 e. The molecule has 0 saturated carbocycles. The average Bonchev–Trinajstić information content (AvgIpc) is 2.43. The topological polar surface area (TPSA) is 89.8 Å². The Kier molecular flexibility index (Phi) is 5.41. The molecular weight excluding hydrogens is 310 g/mol. The number of hydrogen-bond donors (Lipinski definition) is 0. The molecule has 1 aromatic rings. The smallest absolute Gasteiger partial charge is 0.176 e. The van der Waals surface area contributed by atoms with Crippen LogP contribution < -0.4 is 9.47 Å². The van der Waals surface area contributed by atoms with Gasteiger partial charge in [-0.3, -0.25) is 0 Å². The second-order valence-electron chi connectivity index (χ2n) is 3.26. The summed E-state index contributed by atoms with van der Waals surface area (Å²) in [6, 6.07) is 8.70. The van der Waals surface area contributed by atoms with E-state index in [2.05, 4.69) is 15.9 Å². The van der Waals surface area contributed by atoms with Crippen LogP contribution in [0.15, 0.2) is 22.2 Å². The van der Waals surface area contributed by atoms with E-state index in [4.69, 9.17) is 25.3 Å². The van der Waals surface area contributed by atoms with Gasteiger partial charge in [0.2, 0.25) is 0 Å². The van der Waals surface area contributed by atoms with E-state index < -0.39 is 0 Å². The maximum Gasteiger partial charge on any atom is 0.176 e. The first-order valence-corrected chi connectivity index (χ1v) is 5.84. The number of benzene rings is 1. The Morgan fingerprint density at radius 3 is 2.53 bits per heavy atom. The average molecular weight is 318 g/mol. The number of ether oxygens (including phenoxy) is 2. The molecule has 1 aromatic carbocycles. The van der Waals surface area contributed by atoms with Crippen LogP contribution in [0.1, 0.15) is 5.56 Å². The van der Waals surface area contributed by atoms with E-state index >= 15 is 0 Å². The van der Waals surface area contributed by atoms with Gasteiger partial charge in [-0.2, -0.15) is 15.8 Å². The van der Waals surface area contributed by atoms with Gasteiger partial charge in [-0.15, -0.1) is 0 Å². The first kappa shape index (κ1) is 14.6. The summed E-state index contributed by atoms with van der Waals surface area (Å²) >= 11 is 3.29. The van der Waals surface area contributed by atoms with Gasteiger partial charge >= 0.3 is 0 Å². The van der Waals surface area contributed by atoms with Gasteiger partial charge in [0.05, 0.1) is 11.6 Å². The molecule has 0 fully saturated rings. The van der Waals surface area contributed by atoms with Crippen molar-refractivity contribution < 1.29 is 9.47 Å². The minimum atomic E-state index is -0.105. The van der Waals surface area contributed by atoms with Crippen molar-refractivity contribution in [2.24, 2.45) is 0 Å². The monoisotopic (exact) mass is 317 g/mol. The van der Waals surface area contributed by atoms with Crippen molar-refractivity contribution in [2.45, 2.75) is 0 Å². The zero-order valence-electron chi connectivity index (χ0n) is 9.98. The SMILES string of the molecule is COc1cc(C=C(C#N)C#N)cc(Br)c1OCC#N. The summed E-state index contributed by atoms with van der Waals surface area (Å²) in [6.45, 7) is -0.105. The van der Waals surface area contributed by atoms with Gasteiger partial charge in [-0.1, -0.05) is 0 Å². The molecule has 0 aliphatic carbocycles. The Bertz CT molecular complexity index is 617. The van der Waals surface area contributed by atoms with Gasteiger partial charge in [0.15, 0.2) is 18.1 Å². The Balaban J connectivity index is 3.25. The van der Waals surface area contributed by atoms with E-state index in [0.717, 1.165) is 0 Å². The van der Waals surface area contributed by atoms with Crippen LogP contribution in [0.4, 0.5) is 0 Å². The van der Waals surface area contributed by atoms with Crippen molar-refractivity contribution in [3.63, 3.8) is 0 Å². The lowest BCUT2D eigenvalue weighted by Crippen LogP contribution is -1.98. The van der Waals surface area contributed by atoms with Crippen molar-refractivity contribution in [3.05, 3.63) is 27.7 Å². The highest BCUT2D eigenvalue weighted by Gasteiger charge is 2.11. The van der Waals surface area contributed by atoms with Crippen LogP contribution in [0.25, 0.3) is 6.08 Å². The third kappa shape index (κ3) is 3.74. The second kappa shape index (κ2) is 7.06. The standard InChI is InChI=1S/C13H8BrN3O2/c1-18-12-6-9(4-10(7-16)8-17)5-11(14)13(12)19-3-2-15/h4-6H,3H2,1H3. The molecule has 5 nitrogen and oxygen atoms in total. The van der Waals surface area contributed by atoms with Gasteiger partial charge < -0.3 is 9.47 Å². The van der Waals surface area contributed by atoms with Crippen molar-refractivity contribution in [3.8, 4) is 29.7 Å².